The highest BCUT2D eigenvalue weighted by atomic mass is 16.5. The van der Waals surface area contributed by atoms with Gasteiger partial charge >= 0.3 is 0 Å². The lowest BCUT2D eigenvalue weighted by atomic mass is 10.4. The number of aryl methyl sites for hydroxylation is 2. The van der Waals surface area contributed by atoms with E-state index < -0.39 is 0 Å². The van der Waals surface area contributed by atoms with E-state index in [1.165, 1.54) is 0 Å². The molecule has 2 rings (SSSR count). The molecule has 0 amide bonds. The van der Waals surface area contributed by atoms with Crippen molar-refractivity contribution in [2.24, 2.45) is 0 Å². The second-order valence-corrected chi connectivity index (χ2v) is 3.43. The van der Waals surface area contributed by atoms with Crippen molar-refractivity contribution >= 4 is 5.88 Å². The van der Waals surface area contributed by atoms with E-state index in [1.54, 1.807) is 13.8 Å². The van der Waals surface area contributed by atoms with E-state index in [9.17, 15) is 0 Å². The molecule has 0 fully saturated rings. The van der Waals surface area contributed by atoms with Gasteiger partial charge in [0.25, 0.3) is 0 Å². The number of nitriles is 1. The van der Waals surface area contributed by atoms with Gasteiger partial charge in [0, 0.05) is 19.9 Å². The minimum Gasteiger partial charge on any atom is -0.424 e. The molecule has 7 nitrogen and oxygen atoms in total. The highest BCUT2D eigenvalue weighted by Crippen LogP contribution is 2.15. The molecule has 0 aliphatic heterocycles. The van der Waals surface area contributed by atoms with Crippen LogP contribution in [-0.4, -0.2) is 21.7 Å². The molecule has 0 saturated heterocycles. The van der Waals surface area contributed by atoms with Crippen LogP contribution in [0.4, 0.5) is 5.88 Å². The number of nitrogens with one attached hydrogen (secondary N) is 1. The molecular weight excluding hydrogens is 222 g/mol. The maximum Gasteiger partial charge on any atom is 0.232 e. The molecular formula is C10H11N5O2. The zero-order valence-corrected chi connectivity index (χ0v) is 9.52. The summed E-state index contributed by atoms with van der Waals surface area (Å²) in [5.41, 5.74) is 0.254. The smallest absolute Gasteiger partial charge is 0.232 e. The van der Waals surface area contributed by atoms with Gasteiger partial charge in [-0.15, -0.1) is 0 Å². The second-order valence-electron chi connectivity index (χ2n) is 3.43. The Kier molecular flexibility index (Phi) is 3.05. The first-order chi connectivity index (χ1) is 8.19. The van der Waals surface area contributed by atoms with Crippen molar-refractivity contribution in [2.45, 2.75) is 20.3 Å². The fraction of sp³-hybridized carbons (Fsp3) is 0.400. The van der Waals surface area contributed by atoms with Crippen LogP contribution in [0, 0.1) is 25.2 Å². The first-order valence-electron chi connectivity index (χ1n) is 5.09. The number of oxazole rings is 1. The fourth-order valence-electron chi connectivity index (χ4n) is 1.35. The summed E-state index contributed by atoms with van der Waals surface area (Å²) in [6, 6.07) is 1.95. The second kappa shape index (κ2) is 4.65. The highest BCUT2D eigenvalue weighted by Gasteiger charge is 2.10. The van der Waals surface area contributed by atoms with Crippen LogP contribution in [0.3, 0.4) is 0 Å². The lowest BCUT2D eigenvalue weighted by molar-refractivity contribution is 0.376. The van der Waals surface area contributed by atoms with Gasteiger partial charge in [-0.05, 0) is 6.92 Å². The van der Waals surface area contributed by atoms with Crippen LogP contribution in [0.5, 0.6) is 0 Å². The van der Waals surface area contributed by atoms with E-state index in [0.717, 1.165) is 0 Å². The molecule has 0 atom stereocenters. The Balaban J connectivity index is 1.92. The largest absolute Gasteiger partial charge is 0.424 e. The average molecular weight is 233 g/mol. The van der Waals surface area contributed by atoms with Gasteiger partial charge in [-0.3, -0.25) is 0 Å². The predicted molar refractivity (Wildman–Crippen MR) is 57.2 cm³/mol. The van der Waals surface area contributed by atoms with Crippen LogP contribution in [0.1, 0.15) is 23.3 Å². The molecule has 0 spiro atoms. The highest BCUT2D eigenvalue weighted by molar-refractivity contribution is 5.45. The van der Waals surface area contributed by atoms with Crippen molar-refractivity contribution in [2.75, 3.05) is 11.9 Å². The molecule has 88 valence electrons. The number of rotatable bonds is 4. The first kappa shape index (κ1) is 11.1. The number of hydrogen-bond acceptors (Lipinski definition) is 7. The third-order valence-corrected chi connectivity index (χ3v) is 2.03. The van der Waals surface area contributed by atoms with Crippen LogP contribution in [0.25, 0.3) is 0 Å². The molecule has 0 aromatic carbocycles. The minimum absolute atomic E-state index is 0.254. The van der Waals surface area contributed by atoms with Crippen molar-refractivity contribution in [3.05, 3.63) is 23.3 Å². The van der Waals surface area contributed by atoms with Gasteiger partial charge in [0.1, 0.15) is 6.07 Å². The van der Waals surface area contributed by atoms with Gasteiger partial charge < -0.3 is 14.3 Å². The van der Waals surface area contributed by atoms with E-state index in [2.05, 4.69) is 20.4 Å². The van der Waals surface area contributed by atoms with E-state index in [1.807, 2.05) is 6.07 Å². The van der Waals surface area contributed by atoms with Crippen molar-refractivity contribution in [3.8, 4) is 6.07 Å². The predicted octanol–water partition coefficient (Wildman–Crippen LogP) is 1.20. The van der Waals surface area contributed by atoms with Gasteiger partial charge in [0.15, 0.2) is 11.7 Å². The van der Waals surface area contributed by atoms with Crippen LogP contribution >= 0.6 is 0 Å². The normalized spacial score (nSPS) is 10.2. The summed E-state index contributed by atoms with van der Waals surface area (Å²) in [7, 11) is 0. The van der Waals surface area contributed by atoms with Crippen molar-refractivity contribution in [3.63, 3.8) is 0 Å². The van der Waals surface area contributed by atoms with Crippen LogP contribution in [0.15, 0.2) is 8.94 Å². The zero-order chi connectivity index (χ0) is 12.3. The molecule has 0 unspecified atom stereocenters. The molecule has 7 heteroatoms. The Morgan fingerprint density at radius 3 is 2.82 bits per heavy atom. The summed E-state index contributed by atoms with van der Waals surface area (Å²) < 4.78 is 10.2. The summed E-state index contributed by atoms with van der Waals surface area (Å²) in [6.45, 7) is 3.98. The Bertz CT molecular complexity index is 551. The maximum absolute atomic E-state index is 8.80. The Morgan fingerprint density at radius 2 is 2.18 bits per heavy atom. The standard InChI is InChI=1S/C10H11N5O2/c1-6-13-9(17-15-6)3-4-12-10-8(5-11)14-7(2)16-10/h12H,3-4H2,1-2H3. The minimum atomic E-state index is 0.254. The van der Waals surface area contributed by atoms with Gasteiger partial charge in [-0.1, -0.05) is 5.16 Å². The van der Waals surface area contributed by atoms with Gasteiger partial charge in [-0.2, -0.15) is 10.2 Å². The Labute approximate surface area is 97.5 Å². The van der Waals surface area contributed by atoms with Crippen molar-refractivity contribution < 1.29 is 8.94 Å². The third-order valence-electron chi connectivity index (χ3n) is 2.03. The molecule has 2 heterocycles. The van der Waals surface area contributed by atoms with E-state index >= 15 is 0 Å². The van der Waals surface area contributed by atoms with Gasteiger partial charge in [-0.25, -0.2) is 4.98 Å². The topological polar surface area (TPSA) is 101 Å². The molecule has 2 aromatic rings. The molecule has 0 saturated carbocycles. The van der Waals surface area contributed by atoms with Gasteiger partial charge in [0.2, 0.25) is 17.5 Å². The van der Waals surface area contributed by atoms with Crippen LogP contribution in [0.2, 0.25) is 0 Å². The Hall–Kier alpha value is -2.36. The lowest BCUT2D eigenvalue weighted by Crippen LogP contribution is -2.05. The third kappa shape index (κ3) is 2.60. The summed E-state index contributed by atoms with van der Waals surface area (Å²) in [6.07, 6.45) is 0.561. The molecule has 1 N–H and O–H groups in total. The molecule has 0 radical (unpaired) electrons. The first-order valence-corrected chi connectivity index (χ1v) is 5.09. The van der Waals surface area contributed by atoms with Crippen molar-refractivity contribution in [1.29, 1.82) is 5.26 Å². The van der Waals surface area contributed by atoms with E-state index in [0.29, 0.717) is 36.5 Å². The molecule has 2 aromatic heterocycles. The number of hydrogen-bond donors (Lipinski definition) is 1. The fourth-order valence-corrected chi connectivity index (χ4v) is 1.35. The summed E-state index contributed by atoms with van der Waals surface area (Å²) >= 11 is 0. The monoisotopic (exact) mass is 233 g/mol. The summed E-state index contributed by atoms with van der Waals surface area (Å²) in [5, 5.41) is 15.4. The summed E-state index contributed by atoms with van der Waals surface area (Å²) in [5.74, 6) is 1.98. The van der Waals surface area contributed by atoms with Gasteiger partial charge in [0.05, 0.1) is 0 Å². The molecule has 17 heavy (non-hydrogen) atoms. The zero-order valence-electron chi connectivity index (χ0n) is 9.52. The molecule has 0 aliphatic rings. The van der Waals surface area contributed by atoms with Crippen molar-refractivity contribution in [1.82, 2.24) is 15.1 Å². The lowest BCUT2D eigenvalue weighted by Gasteiger charge is -1.99. The van der Waals surface area contributed by atoms with E-state index in [4.69, 9.17) is 14.2 Å². The summed E-state index contributed by atoms with van der Waals surface area (Å²) in [4.78, 5) is 7.98. The molecule has 0 aliphatic carbocycles. The average Bonchev–Trinajstić information content (AvgIpc) is 2.85. The SMILES string of the molecule is Cc1noc(CCNc2oc(C)nc2C#N)n1. The van der Waals surface area contributed by atoms with Crippen LogP contribution < -0.4 is 5.32 Å². The quantitative estimate of drug-likeness (QED) is 0.846. The number of anilines is 1. The number of nitrogens with zero attached hydrogens (tertiary/aromatic N) is 4. The Morgan fingerprint density at radius 1 is 1.35 bits per heavy atom. The number of aromatic nitrogens is 3. The van der Waals surface area contributed by atoms with Crippen LogP contribution in [-0.2, 0) is 6.42 Å². The maximum atomic E-state index is 8.80. The molecule has 0 bridgehead atoms. The van der Waals surface area contributed by atoms with E-state index in [-0.39, 0.29) is 5.69 Å².